The zero-order chi connectivity index (χ0) is 9.97. The maximum absolute atomic E-state index is 10.1. The predicted molar refractivity (Wildman–Crippen MR) is 54.3 cm³/mol. The Morgan fingerprint density at radius 2 is 2.29 bits per heavy atom. The van der Waals surface area contributed by atoms with Crippen molar-refractivity contribution in [2.75, 3.05) is 0 Å². The Morgan fingerprint density at radius 1 is 1.43 bits per heavy atom. The van der Waals surface area contributed by atoms with E-state index in [1.54, 1.807) is 6.07 Å². The molecular weight excluding hydrogens is 178 g/mol. The minimum Gasteiger partial charge on any atom is -0.429 e. The fourth-order valence-electron chi connectivity index (χ4n) is 1.58. The molecule has 1 heterocycles. The normalized spacial score (nSPS) is 10.4. The third-order valence-electron chi connectivity index (χ3n) is 2.27. The Kier molecular flexibility index (Phi) is 2.23. The molecule has 14 heavy (non-hydrogen) atoms. The van der Waals surface area contributed by atoms with E-state index in [9.17, 15) is 4.79 Å². The summed E-state index contributed by atoms with van der Waals surface area (Å²) in [5.74, 6) is 0.585. The molecule has 0 atom stereocenters. The molecule has 0 saturated carbocycles. The van der Waals surface area contributed by atoms with Crippen LogP contribution in [-0.4, -0.2) is 11.0 Å². The Labute approximate surface area is 81.9 Å². The van der Waals surface area contributed by atoms with Crippen LogP contribution < -0.4 is 4.74 Å². The highest BCUT2D eigenvalue weighted by Gasteiger charge is 2.00. The Bertz CT molecular complexity index is 459. The van der Waals surface area contributed by atoms with Gasteiger partial charge in [0.2, 0.25) is 0 Å². The number of ether oxygens (including phenoxy) is 1. The van der Waals surface area contributed by atoms with Crippen LogP contribution in [0.4, 0.5) is 0 Å². The molecule has 0 unspecified atom stereocenters. The van der Waals surface area contributed by atoms with Crippen molar-refractivity contribution in [2.24, 2.45) is 0 Å². The highest BCUT2D eigenvalue weighted by Crippen LogP contribution is 2.21. The second-order valence-corrected chi connectivity index (χ2v) is 3.04. The van der Waals surface area contributed by atoms with Crippen molar-refractivity contribution >= 4 is 17.4 Å². The van der Waals surface area contributed by atoms with Crippen molar-refractivity contribution in [3.8, 4) is 5.75 Å². The largest absolute Gasteiger partial charge is 0.429 e. The summed E-state index contributed by atoms with van der Waals surface area (Å²) in [6, 6.07) is 7.62. The minimum absolute atomic E-state index is 0.442. The number of hydrogen-bond acceptors (Lipinski definition) is 2. The molecule has 0 radical (unpaired) electrons. The van der Waals surface area contributed by atoms with Crippen molar-refractivity contribution in [1.29, 1.82) is 0 Å². The molecule has 0 amide bonds. The molecule has 0 fully saturated rings. The van der Waals surface area contributed by atoms with Crippen LogP contribution in [0.1, 0.15) is 6.92 Å². The number of rotatable bonds is 3. The van der Waals surface area contributed by atoms with Crippen LogP contribution in [0.25, 0.3) is 10.9 Å². The van der Waals surface area contributed by atoms with Crippen LogP contribution in [0.15, 0.2) is 30.5 Å². The monoisotopic (exact) mass is 189 g/mol. The first-order valence-electron chi connectivity index (χ1n) is 4.54. The van der Waals surface area contributed by atoms with Gasteiger partial charge in [0.1, 0.15) is 5.75 Å². The van der Waals surface area contributed by atoms with Crippen LogP contribution in [-0.2, 0) is 11.3 Å². The smallest absolute Gasteiger partial charge is 0.298 e. The molecule has 0 spiro atoms. The average molecular weight is 189 g/mol. The highest BCUT2D eigenvalue weighted by atomic mass is 16.5. The second-order valence-electron chi connectivity index (χ2n) is 3.04. The fourth-order valence-corrected chi connectivity index (χ4v) is 1.58. The topological polar surface area (TPSA) is 31.2 Å². The molecule has 72 valence electrons. The number of benzene rings is 1. The van der Waals surface area contributed by atoms with E-state index >= 15 is 0 Å². The van der Waals surface area contributed by atoms with Crippen molar-refractivity contribution in [3.05, 3.63) is 30.5 Å². The summed E-state index contributed by atoms with van der Waals surface area (Å²) in [4.78, 5) is 10.1. The van der Waals surface area contributed by atoms with Crippen LogP contribution in [0, 0.1) is 0 Å². The van der Waals surface area contributed by atoms with E-state index in [4.69, 9.17) is 4.74 Å². The van der Waals surface area contributed by atoms with Crippen LogP contribution >= 0.6 is 0 Å². The fraction of sp³-hybridized carbons (Fsp3) is 0.182. The minimum atomic E-state index is 0.442. The summed E-state index contributed by atoms with van der Waals surface area (Å²) in [5.41, 5.74) is 1.16. The lowest BCUT2D eigenvalue weighted by Gasteiger charge is -2.01. The molecule has 0 aliphatic carbocycles. The van der Waals surface area contributed by atoms with Crippen LogP contribution in [0.5, 0.6) is 5.75 Å². The van der Waals surface area contributed by atoms with Crippen molar-refractivity contribution in [3.63, 3.8) is 0 Å². The van der Waals surface area contributed by atoms with Gasteiger partial charge in [0.15, 0.2) is 0 Å². The maximum Gasteiger partial charge on any atom is 0.298 e. The van der Waals surface area contributed by atoms with Crippen LogP contribution in [0.3, 0.4) is 0 Å². The SMILES string of the molecule is CCn1ccc2cc(OC=O)ccc21. The lowest BCUT2D eigenvalue weighted by Crippen LogP contribution is -1.91. The number of carbonyl (C=O) groups is 1. The molecule has 1 aromatic carbocycles. The number of fused-ring (bicyclic) bond motifs is 1. The van der Waals surface area contributed by atoms with Crippen molar-refractivity contribution in [1.82, 2.24) is 4.57 Å². The van der Waals surface area contributed by atoms with Crippen molar-refractivity contribution in [2.45, 2.75) is 13.5 Å². The third kappa shape index (κ3) is 1.37. The first kappa shape index (κ1) is 8.81. The lowest BCUT2D eigenvalue weighted by molar-refractivity contribution is -0.120. The predicted octanol–water partition coefficient (Wildman–Crippen LogP) is 2.20. The van der Waals surface area contributed by atoms with Gasteiger partial charge in [-0.15, -0.1) is 0 Å². The van der Waals surface area contributed by atoms with Gasteiger partial charge in [-0.25, -0.2) is 0 Å². The van der Waals surface area contributed by atoms with E-state index in [2.05, 4.69) is 11.5 Å². The molecule has 0 saturated heterocycles. The molecule has 2 rings (SSSR count). The summed E-state index contributed by atoms with van der Waals surface area (Å²) in [6.07, 6.45) is 2.02. The van der Waals surface area contributed by atoms with E-state index in [-0.39, 0.29) is 0 Å². The Morgan fingerprint density at radius 3 is 3.00 bits per heavy atom. The molecule has 0 aliphatic heterocycles. The molecule has 1 aromatic heterocycles. The molecule has 0 aliphatic rings. The summed E-state index contributed by atoms with van der Waals surface area (Å²) in [6.45, 7) is 3.48. The zero-order valence-corrected chi connectivity index (χ0v) is 7.93. The molecular formula is C11H11NO2. The van der Waals surface area contributed by atoms with Gasteiger partial charge in [-0.3, -0.25) is 4.79 Å². The van der Waals surface area contributed by atoms with Gasteiger partial charge in [0.05, 0.1) is 0 Å². The van der Waals surface area contributed by atoms with Gasteiger partial charge in [-0.1, -0.05) is 0 Å². The summed E-state index contributed by atoms with van der Waals surface area (Å²) < 4.78 is 6.91. The summed E-state index contributed by atoms with van der Waals surface area (Å²) in [5, 5.41) is 1.09. The molecule has 3 nitrogen and oxygen atoms in total. The average Bonchev–Trinajstić information content (AvgIpc) is 2.60. The van der Waals surface area contributed by atoms with Gasteiger partial charge in [-0.05, 0) is 31.2 Å². The van der Waals surface area contributed by atoms with Crippen LogP contribution in [0.2, 0.25) is 0 Å². The summed E-state index contributed by atoms with van der Waals surface area (Å²) >= 11 is 0. The summed E-state index contributed by atoms with van der Waals surface area (Å²) in [7, 11) is 0. The number of nitrogens with zero attached hydrogens (tertiary/aromatic N) is 1. The van der Waals surface area contributed by atoms with Gasteiger partial charge in [0.25, 0.3) is 6.47 Å². The number of aromatic nitrogens is 1. The van der Waals surface area contributed by atoms with E-state index in [1.165, 1.54) is 0 Å². The lowest BCUT2D eigenvalue weighted by atomic mass is 10.2. The van der Waals surface area contributed by atoms with Gasteiger partial charge < -0.3 is 9.30 Å². The maximum atomic E-state index is 10.1. The van der Waals surface area contributed by atoms with Gasteiger partial charge >= 0.3 is 0 Å². The standard InChI is InChI=1S/C11H11NO2/c1-2-12-6-5-9-7-10(14-8-13)3-4-11(9)12/h3-8H,2H2,1H3. The quantitative estimate of drug-likeness (QED) is 0.693. The van der Waals surface area contributed by atoms with E-state index < -0.39 is 0 Å². The number of carbonyl (C=O) groups excluding carboxylic acids is 1. The molecule has 2 aromatic rings. The van der Waals surface area contributed by atoms with E-state index in [1.807, 2.05) is 24.4 Å². The number of hydrogen-bond donors (Lipinski definition) is 0. The van der Waals surface area contributed by atoms with Gasteiger partial charge in [0, 0.05) is 23.6 Å². The highest BCUT2D eigenvalue weighted by molar-refractivity contribution is 5.82. The molecule has 0 bridgehead atoms. The van der Waals surface area contributed by atoms with Crippen molar-refractivity contribution < 1.29 is 9.53 Å². The molecule has 3 heteroatoms. The first-order valence-corrected chi connectivity index (χ1v) is 4.54. The Hall–Kier alpha value is -1.77. The van der Waals surface area contributed by atoms with Gasteiger partial charge in [-0.2, -0.15) is 0 Å². The number of aryl methyl sites for hydroxylation is 1. The molecule has 0 N–H and O–H groups in total. The van der Waals surface area contributed by atoms with E-state index in [0.29, 0.717) is 12.2 Å². The second kappa shape index (κ2) is 3.54. The van der Waals surface area contributed by atoms with E-state index in [0.717, 1.165) is 17.4 Å². The Balaban J connectivity index is 2.51. The third-order valence-corrected chi connectivity index (χ3v) is 2.27. The zero-order valence-electron chi connectivity index (χ0n) is 7.93. The first-order chi connectivity index (χ1) is 6.85.